The molecule has 2 amide bonds. The highest BCUT2D eigenvalue weighted by Crippen LogP contribution is 1.98. The number of unbranched alkanes of at least 4 members (excludes halogenated alkanes) is 2. The van der Waals surface area contributed by atoms with Gasteiger partial charge in [0, 0.05) is 18.4 Å². The highest BCUT2D eigenvalue weighted by atomic mass is 16.2. The van der Waals surface area contributed by atoms with E-state index in [2.05, 4.69) is 12.2 Å². The van der Waals surface area contributed by atoms with Gasteiger partial charge in [0.25, 0.3) is 0 Å². The molecule has 0 heterocycles. The van der Waals surface area contributed by atoms with Crippen LogP contribution >= 0.6 is 0 Å². The Morgan fingerprint density at radius 1 is 0.952 bits per heavy atom. The first kappa shape index (κ1) is 28.2. The molecule has 0 aliphatic heterocycles. The van der Waals surface area contributed by atoms with Crippen LogP contribution in [0.2, 0.25) is 0 Å². The Labute approximate surface area is 133 Å². The van der Waals surface area contributed by atoms with Gasteiger partial charge in [0.05, 0.1) is 0 Å². The van der Waals surface area contributed by atoms with Crippen LogP contribution < -0.4 is 11.1 Å². The number of amides is 2. The van der Waals surface area contributed by atoms with Crippen molar-refractivity contribution in [2.75, 3.05) is 0 Å². The molecule has 0 saturated heterocycles. The van der Waals surface area contributed by atoms with E-state index < -0.39 is 0 Å². The summed E-state index contributed by atoms with van der Waals surface area (Å²) in [5, 5.41) is 2.83. The van der Waals surface area contributed by atoms with Crippen molar-refractivity contribution in [2.24, 2.45) is 5.73 Å². The first-order valence-corrected chi connectivity index (χ1v) is 8.32. The number of hydrogen-bond acceptors (Lipinski definition) is 2. The van der Waals surface area contributed by atoms with E-state index >= 15 is 0 Å². The molecule has 0 unspecified atom stereocenters. The van der Waals surface area contributed by atoms with Crippen LogP contribution in [0.3, 0.4) is 0 Å². The average molecular weight is 305 g/mol. The maximum atomic E-state index is 10.7. The maximum Gasteiger partial charge on any atom is 0.220 e. The van der Waals surface area contributed by atoms with Crippen molar-refractivity contribution in [2.45, 2.75) is 100.0 Å². The fourth-order valence-electron chi connectivity index (χ4n) is 1.06. The molecule has 0 saturated carbocycles. The molecule has 0 aliphatic rings. The topological polar surface area (TPSA) is 72.2 Å². The molecule has 0 aromatic carbocycles. The van der Waals surface area contributed by atoms with Gasteiger partial charge < -0.3 is 11.1 Å². The second kappa shape index (κ2) is 21.2. The molecule has 0 atom stereocenters. The van der Waals surface area contributed by atoms with E-state index in [1.165, 1.54) is 0 Å². The summed E-state index contributed by atoms with van der Waals surface area (Å²) in [4.78, 5) is 20.8. The lowest BCUT2D eigenvalue weighted by Crippen LogP contribution is -2.40. The van der Waals surface area contributed by atoms with Crippen molar-refractivity contribution < 1.29 is 9.59 Å². The zero-order valence-corrected chi connectivity index (χ0v) is 15.9. The minimum Gasteiger partial charge on any atom is -0.370 e. The van der Waals surface area contributed by atoms with Crippen LogP contribution in [0.1, 0.15) is 94.4 Å². The largest absolute Gasteiger partial charge is 0.370 e. The van der Waals surface area contributed by atoms with Gasteiger partial charge in [0.2, 0.25) is 11.8 Å². The van der Waals surface area contributed by atoms with Crippen LogP contribution in [-0.4, -0.2) is 17.4 Å². The molecule has 0 radical (unpaired) electrons. The van der Waals surface area contributed by atoms with Crippen LogP contribution in [0, 0.1) is 0 Å². The summed E-state index contributed by atoms with van der Waals surface area (Å²) in [7, 11) is 0. The van der Waals surface area contributed by atoms with Crippen molar-refractivity contribution >= 4 is 11.8 Å². The summed E-state index contributed by atoms with van der Waals surface area (Å²) in [5.74, 6) is -0.0686. The Balaban J connectivity index is -0.000000111. The lowest BCUT2D eigenvalue weighted by Gasteiger charge is -2.19. The molecule has 130 valence electrons. The third-order valence-electron chi connectivity index (χ3n) is 1.86. The van der Waals surface area contributed by atoms with Crippen molar-refractivity contribution in [3.05, 3.63) is 0 Å². The standard InChI is InChI=1S/C7H15NO.C6H13NO.2C2H6/c1-5-6(9)8-7(2,3)4;1-2-3-4-5-6(7)8;2*1-2/h5H2,1-4H3,(H,8,9);2-5H2,1H3,(H2,7,8);2*1-2H3. The van der Waals surface area contributed by atoms with E-state index in [0.717, 1.165) is 19.3 Å². The second-order valence-electron chi connectivity index (χ2n) is 5.08. The third kappa shape index (κ3) is 45.4. The molecule has 0 aromatic rings. The number of carbonyl (C=O) groups is 2. The van der Waals surface area contributed by atoms with Gasteiger partial charge in [-0.05, 0) is 27.2 Å². The predicted molar refractivity (Wildman–Crippen MR) is 94.2 cm³/mol. The Morgan fingerprint density at radius 2 is 1.38 bits per heavy atom. The first-order chi connectivity index (χ1) is 9.72. The molecule has 0 fully saturated rings. The number of nitrogens with two attached hydrogens (primary N) is 1. The molecule has 21 heavy (non-hydrogen) atoms. The number of nitrogens with one attached hydrogen (secondary N) is 1. The van der Waals surface area contributed by atoms with Crippen LogP contribution in [0.4, 0.5) is 0 Å². The van der Waals surface area contributed by atoms with Gasteiger partial charge in [-0.3, -0.25) is 9.59 Å². The van der Waals surface area contributed by atoms with Gasteiger partial charge >= 0.3 is 0 Å². The minimum atomic E-state index is -0.182. The van der Waals surface area contributed by atoms with Crippen molar-refractivity contribution in [3.63, 3.8) is 0 Å². The van der Waals surface area contributed by atoms with Gasteiger partial charge in [-0.15, -0.1) is 0 Å². The zero-order chi connectivity index (χ0) is 17.9. The van der Waals surface area contributed by atoms with Crippen LogP contribution in [0.15, 0.2) is 0 Å². The number of hydrogen-bond donors (Lipinski definition) is 2. The highest BCUT2D eigenvalue weighted by molar-refractivity contribution is 5.76. The fraction of sp³-hybridized carbons (Fsp3) is 0.882. The summed E-state index contributed by atoms with van der Waals surface area (Å²) in [6, 6.07) is 0. The molecule has 3 N–H and O–H groups in total. The van der Waals surface area contributed by atoms with Gasteiger partial charge in [0.15, 0.2) is 0 Å². The molecule has 4 heteroatoms. The smallest absolute Gasteiger partial charge is 0.220 e. The summed E-state index contributed by atoms with van der Waals surface area (Å²) in [6.07, 6.45) is 4.33. The Hall–Kier alpha value is -1.06. The minimum absolute atomic E-state index is 0.0763. The molecule has 0 bridgehead atoms. The maximum absolute atomic E-state index is 10.7. The monoisotopic (exact) mass is 304 g/mol. The van der Waals surface area contributed by atoms with E-state index in [1.807, 2.05) is 55.4 Å². The Morgan fingerprint density at radius 3 is 1.57 bits per heavy atom. The molecule has 0 spiro atoms. The predicted octanol–water partition coefficient (Wildman–Crippen LogP) is 4.42. The van der Waals surface area contributed by atoms with Crippen molar-refractivity contribution in [1.82, 2.24) is 5.32 Å². The Bertz CT molecular complexity index is 221. The van der Waals surface area contributed by atoms with Crippen molar-refractivity contribution in [1.29, 1.82) is 0 Å². The molecular formula is C17H40N2O2. The fourth-order valence-corrected chi connectivity index (χ4v) is 1.06. The van der Waals surface area contributed by atoms with E-state index in [4.69, 9.17) is 5.73 Å². The van der Waals surface area contributed by atoms with Gasteiger partial charge in [0.1, 0.15) is 0 Å². The molecule has 0 rings (SSSR count). The quantitative estimate of drug-likeness (QED) is 0.738. The van der Waals surface area contributed by atoms with E-state index in [-0.39, 0.29) is 17.4 Å². The lowest BCUT2D eigenvalue weighted by atomic mass is 10.1. The summed E-state index contributed by atoms with van der Waals surface area (Å²) >= 11 is 0. The number of carbonyl (C=O) groups excluding carboxylic acids is 2. The zero-order valence-electron chi connectivity index (χ0n) is 15.9. The van der Waals surface area contributed by atoms with Crippen LogP contribution in [-0.2, 0) is 9.59 Å². The van der Waals surface area contributed by atoms with E-state index in [9.17, 15) is 9.59 Å². The summed E-state index contributed by atoms with van der Waals surface area (Å²) in [6.45, 7) is 17.9. The van der Waals surface area contributed by atoms with E-state index in [1.54, 1.807) is 0 Å². The van der Waals surface area contributed by atoms with Crippen molar-refractivity contribution in [3.8, 4) is 0 Å². The third-order valence-corrected chi connectivity index (χ3v) is 1.86. The van der Waals surface area contributed by atoms with Gasteiger partial charge in [-0.25, -0.2) is 0 Å². The van der Waals surface area contributed by atoms with Gasteiger partial charge in [-0.1, -0.05) is 54.4 Å². The van der Waals surface area contributed by atoms with Gasteiger partial charge in [-0.2, -0.15) is 0 Å². The van der Waals surface area contributed by atoms with Crippen LogP contribution in [0.25, 0.3) is 0 Å². The molecule has 0 aliphatic carbocycles. The molecular weight excluding hydrogens is 264 g/mol. The highest BCUT2D eigenvalue weighted by Gasteiger charge is 2.10. The summed E-state index contributed by atoms with van der Waals surface area (Å²) in [5.41, 5.74) is 4.82. The average Bonchev–Trinajstić information content (AvgIpc) is 2.42. The first-order valence-electron chi connectivity index (χ1n) is 8.32. The van der Waals surface area contributed by atoms with Crippen LogP contribution in [0.5, 0.6) is 0 Å². The number of primary amides is 1. The number of rotatable bonds is 5. The Kier molecular flexibility index (Phi) is 28.5. The molecule has 4 nitrogen and oxygen atoms in total. The summed E-state index contributed by atoms with van der Waals surface area (Å²) < 4.78 is 0. The molecule has 0 aromatic heterocycles. The normalized spacial score (nSPS) is 8.81. The van der Waals surface area contributed by atoms with E-state index in [0.29, 0.717) is 12.8 Å². The lowest BCUT2D eigenvalue weighted by molar-refractivity contribution is -0.122. The SMILES string of the molecule is CC.CC.CCC(=O)NC(C)(C)C.CCCCCC(N)=O. The second-order valence-corrected chi connectivity index (χ2v) is 5.08.